The van der Waals surface area contributed by atoms with Gasteiger partial charge in [0.25, 0.3) is 0 Å². The Bertz CT molecular complexity index is 384. The zero-order valence-electron chi connectivity index (χ0n) is 7.81. The van der Waals surface area contributed by atoms with Crippen LogP contribution in [0.15, 0.2) is 16.6 Å². The number of hydrogen-bond acceptors (Lipinski definition) is 4. The largest absolute Gasteiger partial charge is 0.502 e. The quantitative estimate of drug-likeness (QED) is 0.648. The fraction of sp³-hybridized carbons (Fsp3) is 0.250. The Balaban J connectivity index is 0.00000196. The highest BCUT2D eigenvalue weighted by Crippen LogP contribution is 2.35. The minimum absolute atomic E-state index is 0. The molecule has 84 valence electrons. The first-order valence-corrected chi connectivity index (χ1v) is 4.65. The van der Waals surface area contributed by atoms with Gasteiger partial charge in [0.1, 0.15) is 0 Å². The molecule has 0 fully saturated rings. The standard InChI is InChI=1S/C8H9BrN2O3.ClH/c1-4(10)6-2-5(9)3-7(8(6)12)11(13)14;/h2-4,12H,10H2,1H3;1H/t4-;/m1./s1. The lowest BCUT2D eigenvalue weighted by molar-refractivity contribution is -0.386. The van der Waals surface area contributed by atoms with Crippen molar-refractivity contribution >= 4 is 34.0 Å². The van der Waals surface area contributed by atoms with Gasteiger partial charge in [-0.2, -0.15) is 0 Å². The van der Waals surface area contributed by atoms with Gasteiger partial charge in [-0.1, -0.05) is 15.9 Å². The number of halogens is 2. The molecule has 3 N–H and O–H groups in total. The first-order chi connectivity index (χ1) is 6.43. The first kappa shape index (κ1) is 14.2. The number of nitro benzene ring substituents is 1. The highest BCUT2D eigenvalue weighted by molar-refractivity contribution is 9.10. The second-order valence-corrected chi connectivity index (χ2v) is 3.82. The van der Waals surface area contributed by atoms with Crippen LogP contribution in [0.5, 0.6) is 5.75 Å². The van der Waals surface area contributed by atoms with Crippen LogP contribution in [0.25, 0.3) is 0 Å². The average molecular weight is 298 g/mol. The smallest absolute Gasteiger partial charge is 0.312 e. The summed E-state index contributed by atoms with van der Waals surface area (Å²) in [5.74, 6) is -0.367. The molecule has 0 aromatic heterocycles. The van der Waals surface area contributed by atoms with E-state index in [9.17, 15) is 15.2 Å². The minimum atomic E-state index is -0.647. The highest BCUT2D eigenvalue weighted by atomic mass is 79.9. The van der Waals surface area contributed by atoms with Crippen molar-refractivity contribution in [3.05, 3.63) is 32.3 Å². The summed E-state index contributed by atoms with van der Waals surface area (Å²) >= 11 is 3.11. The topological polar surface area (TPSA) is 89.4 Å². The van der Waals surface area contributed by atoms with Gasteiger partial charge >= 0.3 is 5.69 Å². The molecule has 1 aromatic carbocycles. The Morgan fingerprint density at radius 3 is 2.53 bits per heavy atom. The average Bonchev–Trinajstić information content (AvgIpc) is 2.07. The Morgan fingerprint density at radius 1 is 1.60 bits per heavy atom. The number of rotatable bonds is 2. The van der Waals surface area contributed by atoms with E-state index in [1.54, 1.807) is 13.0 Å². The van der Waals surface area contributed by atoms with Crippen molar-refractivity contribution in [1.29, 1.82) is 0 Å². The van der Waals surface area contributed by atoms with Crippen LogP contribution in [0.2, 0.25) is 0 Å². The van der Waals surface area contributed by atoms with E-state index in [2.05, 4.69) is 15.9 Å². The number of nitro groups is 1. The number of nitrogens with two attached hydrogens (primary N) is 1. The van der Waals surface area contributed by atoms with Crippen LogP contribution in [0.1, 0.15) is 18.5 Å². The molecule has 0 unspecified atom stereocenters. The molecule has 15 heavy (non-hydrogen) atoms. The van der Waals surface area contributed by atoms with E-state index in [1.807, 2.05) is 0 Å². The van der Waals surface area contributed by atoms with Gasteiger partial charge in [0.2, 0.25) is 0 Å². The van der Waals surface area contributed by atoms with Gasteiger partial charge < -0.3 is 10.8 Å². The third-order valence-corrected chi connectivity index (χ3v) is 2.23. The van der Waals surface area contributed by atoms with Gasteiger partial charge in [-0.15, -0.1) is 12.4 Å². The summed E-state index contributed by atoms with van der Waals surface area (Å²) in [6.45, 7) is 1.64. The molecule has 1 rings (SSSR count). The summed E-state index contributed by atoms with van der Waals surface area (Å²) in [7, 11) is 0. The Kier molecular flexibility index (Phi) is 4.99. The lowest BCUT2D eigenvalue weighted by Gasteiger charge is -2.08. The second-order valence-electron chi connectivity index (χ2n) is 2.91. The predicted molar refractivity (Wildman–Crippen MR) is 62.3 cm³/mol. The molecule has 0 aliphatic heterocycles. The molecule has 0 saturated carbocycles. The molecule has 7 heteroatoms. The van der Waals surface area contributed by atoms with E-state index < -0.39 is 11.0 Å². The van der Waals surface area contributed by atoms with Crippen molar-refractivity contribution in [3.63, 3.8) is 0 Å². The van der Waals surface area contributed by atoms with Crippen molar-refractivity contribution in [3.8, 4) is 5.75 Å². The summed E-state index contributed by atoms with van der Waals surface area (Å²) in [5.41, 5.74) is 5.56. The number of phenols is 1. The number of nitrogens with zero attached hydrogens (tertiary/aromatic N) is 1. The van der Waals surface area contributed by atoms with Gasteiger partial charge in [-0.05, 0) is 13.0 Å². The molecule has 5 nitrogen and oxygen atoms in total. The van der Waals surface area contributed by atoms with Gasteiger partial charge in [-0.3, -0.25) is 10.1 Å². The molecular weight excluding hydrogens is 287 g/mol. The van der Waals surface area contributed by atoms with Gasteiger partial charge in [-0.25, -0.2) is 0 Å². The lowest BCUT2D eigenvalue weighted by atomic mass is 10.1. The van der Waals surface area contributed by atoms with Crippen molar-refractivity contribution in [2.45, 2.75) is 13.0 Å². The molecule has 0 radical (unpaired) electrons. The van der Waals surface area contributed by atoms with Crippen LogP contribution in [0.4, 0.5) is 5.69 Å². The lowest BCUT2D eigenvalue weighted by Crippen LogP contribution is -2.06. The van der Waals surface area contributed by atoms with Crippen LogP contribution in [0.3, 0.4) is 0 Å². The maximum Gasteiger partial charge on any atom is 0.312 e. The van der Waals surface area contributed by atoms with Gasteiger partial charge in [0.15, 0.2) is 5.75 Å². The number of hydrogen-bond donors (Lipinski definition) is 2. The fourth-order valence-corrected chi connectivity index (χ4v) is 1.56. The molecule has 0 spiro atoms. The fourth-order valence-electron chi connectivity index (χ4n) is 1.09. The minimum Gasteiger partial charge on any atom is -0.502 e. The molecule has 1 aromatic rings. The molecule has 0 amide bonds. The summed E-state index contributed by atoms with van der Waals surface area (Å²) in [5, 5.41) is 20.0. The van der Waals surface area contributed by atoms with E-state index in [0.29, 0.717) is 10.0 Å². The van der Waals surface area contributed by atoms with Crippen molar-refractivity contribution in [2.24, 2.45) is 5.73 Å². The van der Waals surface area contributed by atoms with Gasteiger partial charge in [0.05, 0.1) is 4.92 Å². The predicted octanol–water partition coefficient (Wildman–Crippen LogP) is 2.50. The molecule has 0 saturated heterocycles. The molecule has 0 heterocycles. The van der Waals surface area contributed by atoms with Crippen LogP contribution < -0.4 is 5.73 Å². The molecular formula is C8H10BrClN2O3. The van der Waals surface area contributed by atoms with E-state index in [0.717, 1.165) is 0 Å². The summed E-state index contributed by atoms with van der Waals surface area (Å²) in [4.78, 5) is 9.89. The second kappa shape index (κ2) is 5.29. The van der Waals surface area contributed by atoms with E-state index in [-0.39, 0.29) is 23.8 Å². The first-order valence-electron chi connectivity index (χ1n) is 3.86. The van der Waals surface area contributed by atoms with Crippen molar-refractivity contribution < 1.29 is 10.0 Å². The number of benzene rings is 1. The molecule has 1 atom stereocenters. The van der Waals surface area contributed by atoms with Crippen molar-refractivity contribution in [1.82, 2.24) is 0 Å². The molecule has 0 aliphatic carbocycles. The maximum atomic E-state index is 10.5. The third kappa shape index (κ3) is 3.05. The summed E-state index contributed by atoms with van der Waals surface area (Å²) in [6.07, 6.45) is 0. The van der Waals surface area contributed by atoms with Crippen molar-refractivity contribution in [2.75, 3.05) is 0 Å². The zero-order chi connectivity index (χ0) is 10.9. The number of phenolic OH excluding ortho intramolecular Hbond substituents is 1. The highest BCUT2D eigenvalue weighted by Gasteiger charge is 2.19. The van der Waals surface area contributed by atoms with E-state index in [4.69, 9.17) is 5.73 Å². The SMILES string of the molecule is C[C@@H](N)c1cc(Br)cc([N+](=O)[O-])c1O.Cl. The van der Waals surface area contributed by atoms with Crippen LogP contribution in [-0.4, -0.2) is 10.0 Å². The zero-order valence-corrected chi connectivity index (χ0v) is 10.2. The molecule has 0 aliphatic rings. The van der Waals surface area contributed by atoms with Crippen LogP contribution >= 0.6 is 28.3 Å². The van der Waals surface area contributed by atoms with Crippen LogP contribution in [0, 0.1) is 10.1 Å². The summed E-state index contributed by atoms with van der Waals surface area (Å²) < 4.78 is 0.523. The monoisotopic (exact) mass is 296 g/mol. The summed E-state index contributed by atoms with van der Waals surface area (Å²) in [6, 6.07) is 2.35. The van der Waals surface area contributed by atoms with E-state index >= 15 is 0 Å². The Morgan fingerprint density at radius 2 is 2.13 bits per heavy atom. The third-order valence-electron chi connectivity index (χ3n) is 1.77. The van der Waals surface area contributed by atoms with Crippen LogP contribution in [-0.2, 0) is 0 Å². The molecule has 0 bridgehead atoms. The number of aromatic hydroxyl groups is 1. The maximum absolute atomic E-state index is 10.5. The normalized spacial score (nSPS) is 11.7. The van der Waals surface area contributed by atoms with E-state index in [1.165, 1.54) is 6.07 Å². The Hall–Kier alpha value is -0.850. The Labute approximate surface area is 101 Å². The van der Waals surface area contributed by atoms with Gasteiger partial charge in [0, 0.05) is 22.1 Å².